The van der Waals surface area contributed by atoms with Gasteiger partial charge in [-0.05, 0) is 49.8 Å². The standard InChI is InChI=1S/C14H22ClNS/c1-3-14(16-2)5-4-10-17-11-12-6-8-13(15)9-7-12/h6-9,14,16H,3-5,10-11H2,1-2H3. The van der Waals surface area contributed by atoms with Crippen molar-refractivity contribution in [1.82, 2.24) is 5.32 Å². The minimum Gasteiger partial charge on any atom is -0.317 e. The third-order valence-electron chi connectivity index (χ3n) is 2.92. The highest BCUT2D eigenvalue weighted by atomic mass is 35.5. The van der Waals surface area contributed by atoms with Gasteiger partial charge in [0.15, 0.2) is 0 Å². The lowest BCUT2D eigenvalue weighted by Crippen LogP contribution is -2.23. The van der Waals surface area contributed by atoms with Crippen LogP contribution in [0.1, 0.15) is 31.7 Å². The average molecular weight is 272 g/mol. The van der Waals surface area contributed by atoms with E-state index in [1.165, 1.54) is 30.6 Å². The molecule has 1 N–H and O–H groups in total. The van der Waals surface area contributed by atoms with Crippen molar-refractivity contribution in [1.29, 1.82) is 0 Å². The lowest BCUT2D eigenvalue weighted by atomic mass is 10.1. The van der Waals surface area contributed by atoms with Crippen LogP contribution in [0.25, 0.3) is 0 Å². The molecule has 0 aromatic heterocycles. The molecule has 96 valence electrons. The molecule has 0 amide bonds. The summed E-state index contributed by atoms with van der Waals surface area (Å²) in [5, 5.41) is 4.16. The highest BCUT2D eigenvalue weighted by Gasteiger charge is 2.01. The molecule has 0 saturated carbocycles. The molecule has 0 saturated heterocycles. The number of hydrogen-bond donors (Lipinski definition) is 1. The van der Waals surface area contributed by atoms with Crippen LogP contribution in [0, 0.1) is 0 Å². The Bertz CT molecular complexity index is 296. The van der Waals surface area contributed by atoms with E-state index in [0.29, 0.717) is 6.04 Å². The molecule has 0 radical (unpaired) electrons. The van der Waals surface area contributed by atoms with E-state index in [-0.39, 0.29) is 0 Å². The molecule has 0 aliphatic carbocycles. The first-order valence-electron chi connectivity index (χ1n) is 6.25. The summed E-state index contributed by atoms with van der Waals surface area (Å²) in [6.07, 6.45) is 3.79. The Morgan fingerprint density at radius 3 is 2.59 bits per heavy atom. The molecule has 0 aliphatic heterocycles. The van der Waals surface area contributed by atoms with Gasteiger partial charge in [0.1, 0.15) is 0 Å². The molecule has 1 rings (SSSR count). The van der Waals surface area contributed by atoms with Gasteiger partial charge in [-0.3, -0.25) is 0 Å². The van der Waals surface area contributed by atoms with Crippen LogP contribution in [0.15, 0.2) is 24.3 Å². The maximum absolute atomic E-state index is 5.85. The van der Waals surface area contributed by atoms with Gasteiger partial charge in [0.25, 0.3) is 0 Å². The van der Waals surface area contributed by atoms with Gasteiger partial charge < -0.3 is 5.32 Å². The number of hydrogen-bond acceptors (Lipinski definition) is 2. The predicted octanol–water partition coefficient (Wildman–Crippen LogP) is 4.35. The fourth-order valence-electron chi connectivity index (χ4n) is 1.76. The van der Waals surface area contributed by atoms with Crippen LogP contribution in [0.3, 0.4) is 0 Å². The third-order valence-corrected chi connectivity index (χ3v) is 4.29. The predicted molar refractivity (Wildman–Crippen MR) is 80.0 cm³/mol. The summed E-state index contributed by atoms with van der Waals surface area (Å²) >= 11 is 7.85. The molecule has 0 aliphatic rings. The largest absolute Gasteiger partial charge is 0.317 e. The van der Waals surface area contributed by atoms with Crippen molar-refractivity contribution in [3.63, 3.8) is 0 Å². The molecule has 1 unspecified atom stereocenters. The van der Waals surface area contributed by atoms with Crippen molar-refractivity contribution < 1.29 is 0 Å². The third kappa shape index (κ3) is 6.35. The number of nitrogens with one attached hydrogen (secondary N) is 1. The number of thioether (sulfide) groups is 1. The van der Waals surface area contributed by atoms with E-state index in [1.807, 2.05) is 23.9 Å². The van der Waals surface area contributed by atoms with Crippen LogP contribution < -0.4 is 5.32 Å². The highest BCUT2D eigenvalue weighted by Crippen LogP contribution is 2.17. The van der Waals surface area contributed by atoms with Gasteiger partial charge in [0, 0.05) is 16.8 Å². The van der Waals surface area contributed by atoms with Crippen LogP contribution >= 0.6 is 23.4 Å². The van der Waals surface area contributed by atoms with E-state index in [9.17, 15) is 0 Å². The van der Waals surface area contributed by atoms with Crippen molar-refractivity contribution in [2.75, 3.05) is 12.8 Å². The maximum Gasteiger partial charge on any atom is 0.0406 e. The van der Waals surface area contributed by atoms with E-state index in [2.05, 4.69) is 31.4 Å². The smallest absolute Gasteiger partial charge is 0.0406 e. The molecule has 1 aromatic rings. The molecule has 17 heavy (non-hydrogen) atoms. The van der Waals surface area contributed by atoms with Crippen LogP contribution in [-0.4, -0.2) is 18.8 Å². The van der Waals surface area contributed by atoms with Gasteiger partial charge in [0.2, 0.25) is 0 Å². The molecule has 1 nitrogen and oxygen atoms in total. The summed E-state index contributed by atoms with van der Waals surface area (Å²) in [4.78, 5) is 0. The van der Waals surface area contributed by atoms with Gasteiger partial charge >= 0.3 is 0 Å². The summed E-state index contributed by atoms with van der Waals surface area (Å²) in [5.74, 6) is 2.33. The molecule has 0 fully saturated rings. The fourth-order valence-corrected chi connectivity index (χ4v) is 2.82. The van der Waals surface area contributed by atoms with Crippen molar-refractivity contribution in [2.45, 2.75) is 38.0 Å². The first-order chi connectivity index (χ1) is 8.26. The van der Waals surface area contributed by atoms with Gasteiger partial charge in [-0.15, -0.1) is 0 Å². The Balaban J connectivity index is 2.10. The monoisotopic (exact) mass is 271 g/mol. The minimum absolute atomic E-state index is 0.686. The molecular formula is C14H22ClNS. The maximum atomic E-state index is 5.85. The molecule has 0 bridgehead atoms. The van der Waals surface area contributed by atoms with Crippen LogP contribution in [-0.2, 0) is 5.75 Å². The first kappa shape index (κ1) is 14.9. The van der Waals surface area contributed by atoms with E-state index in [1.54, 1.807) is 0 Å². The molecule has 1 aromatic carbocycles. The summed E-state index contributed by atoms with van der Waals surface area (Å²) in [7, 11) is 2.05. The number of rotatable bonds is 8. The normalized spacial score (nSPS) is 12.6. The van der Waals surface area contributed by atoms with E-state index in [4.69, 9.17) is 11.6 Å². The fraction of sp³-hybridized carbons (Fsp3) is 0.571. The van der Waals surface area contributed by atoms with Gasteiger partial charge in [-0.25, -0.2) is 0 Å². The first-order valence-corrected chi connectivity index (χ1v) is 7.79. The Morgan fingerprint density at radius 2 is 2.00 bits per heavy atom. The lowest BCUT2D eigenvalue weighted by molar-refractivity contribution is 0.504. The van der Waals surface area contributed by atoms with Gasteiger partial charge in [-0.1, -0.05) is 30.7 Å². The second-order valence-electron chi connectivity index (χ2n) is 4.22. The summed E-state index contributed by atoms with van der Waals surface area (Å²) < 4.78 is 0. The van der Waals surface area contributed by atoms with Crippen molar-refractivity contribution >= 4 is 23.4 Å². The SMILES string of the molecule is CCC(CCCSCc1ccc(Cl)cc1)NC. The molecule has 1 atom stereocenters. The van der Waals surface area contributed by atoms with E-state index >= 15 is 0 Å². The van der Waals surface area contributed by atoms with Crippen LogP contribution in [0.4, 0.5) is 0 Å². The number of halogens is 1. The number of benzene rings is 1. The zero-order chi connectivity index (χ0) is 12.5. The summed E-state index contributed by atoms with van der Waals surface area (Å²) in [6.45, 7) is 2.24. The van der Waals surface area contributed by atoms with Crippen LogP contribution in [0.5, 0.6) is 0 Å². The molecule has 0 heterocycles. The summed E-state index contributed by atoms with van der Waals surface area (Å²) in [6, 6.07) is 8.83. The molecule has 0 spiro atoms. The van der Waals surface area contributed by atoms with Gasteiger partial charge in [-0.2, -0.15) is 11.8 Å². The Hall–Kier alpha value is -0.180. The van der Waals surface area contributed by atoms with Crippen molar-refractivity contribution in [3.05, 3.63) is 34.9 Å². The van der Waals surface area contributed by atoms with E-state index in [0.717, 1.165) is 10.8 Å². The van der Waals surface area contributed by atoms with Crippen LogP contribution in [0.2, 0.25) is 5.02 Å². The quantitative estimate of drug-likeness (QED) is 0.706. The zero-order valence-electron chi connectivity index (χ0n) is 10.7. The summed E-state index contributed by atoms with van der Waals surface area (Å²) in [5.41, 5.74) is 1.36. The second kappa shape index (κ2) is 8.84. The Kier molecular flexibility index (Phi) is 7.74. The Morgan fingerprint density at radius 1 is 1.29 bits per heavy atom. The van der Waals surface area contributed by atoms with Crippen molar-refractivity contribution in [3.8, 4) is 0 Å². The Labute approximate surface area is 114 Å². The zero-order valence-corrected chi connectivity index (χ0v) is 12.3. The minimum atomic E-state index is 0.686. The van der Waals surface area contributed by atoms with E-state index < -0.39 is 0 Å². The van der Waals surface area contributed by atoms with Crippen molar-refractivity contribution in [2.24, 2.45) is 0 Å². The highest BCUT2D eigenvalue weighted by molar-refractivity contribution is 7.98. The molecular weight excluding hydrogens is 250 g/mol. The van der Waals surface area contributed by atoms with Gasteiger partial charge in [0.05, 0.1) is 0 Å². The average Bonchev–Trinajstić information content (AvgIpc) is 2.36. The second-order valence-corrected chi connectivity index (χ2v) is 5.76. The topological polar surface area (TPSA) is 12.0 Å². The molecule has 3 heteroatoms. The lowest BCUT2D eigenvalue weighted by Gasteiger charge is -2.12.